The Bertz CT molecular complexity index is 454. The van der Waals surface area contributed by atoms with Crippen molar-refractivity contribution < 1.29 is 18.3 Å². The molecule has 0 bridgehead atoms. The van der Waals surface area contributed by atoms with E-state index in [0.29, 0.717) is 13.1 Å². The molecule has 9 heteroatoms. The maximum absolute atomic E-state index is 13.3. The number of hydrogen-bond donors (Lipinski definition) is 2. The van der Waals surface area contributed by atoms with Crippen LogP contribution in [-0.4, -0.2) is 42.4 Å². The Morgan fingerprint density at radius 2 is 1.76 bits per heavy atom. The number of nitrogens with one attached hydrogen (secondary N) is 1. The molecular weight excluding hydrogens is 351 g/mol. The number of aromatic hydroxyl groups is 1. The maximum Gasteiger partial charge on any atom is 0.408 e. The van der Waals surface area contributed by atoms with Gasteiger partial charge in [-0.2, -0.15) is 13.2 Å². The van der Waals surface area contributed by atoms with Gasteiger partial charge in [-0.3, -0.25) is 4.90 Å². The average Bonchev–Trinajstić information content (AvgIpc) is 2.33. The number of benzene rings is 1. The fourth-order valence-corrected chi connectivity index (χ4v) is 2.45. The summed E-state index contributed by atoms with van der Waals surface area (Å²) in [5.41, 5.74) is -0.193. The van der Waals surface area contributed by atoms with E-state index in [0.717, 1.165) is 0 Å². The van der Waals surface area contributed by atoms with Crippen molar-refractivity contribution in [3.63, 3.8) is 0 Å². The first-order valence-corrected chi connectivity index (χ1v) is 6.27. The van der Waals surface area contributed by atoms with Crippen LogP contribution in [0.5, 0.6) is 5.75 Å². The lowest BCUT2D eigenvalue weighted by Crippen LogP contribution is -2.49. The quantitative estimate of drug-likeness (QED) is 0.841. The fraction of sp³-hybridized carbons (Fsp3) is 0.500. The molecule has 1 aromatic rings. The molecule has 0 aromatic heterocycles. The summed E-state index contributed by atoms with van der Waals surface area (Å²) in [7, 11) is 0. The van der Waals surface area contributed by atoms with Crippen LogP contribution in [0.25, 0.3) is 0 Å². The van der Waals surface area contributed by atoms with Crippen LogP contribution in [-0.2, 0) is 0 Å². The highest BCUT2D eigenvalue weighted by Crippen LogP contribution is 2.42. The van der Waals surface area contributed by atoms with Gasteiger partial charge in [-0.1, -0.05) is 11.6 Å². The minimum absolute atomic E-state index is 0. The van der Waals surface area contributed by atoms with Crippen LogP contribution < -0.4 is 5.32 Å². The summed E-state index contributed by atoms with van der Waals surface area (Å²) in [6.45, 7) is 1.54. The summed E-state index contributed by atoms with van der Waals surface area (Å²) in [5, 5.41) is 12.9. The molecule has 21 heavy (non-hydrogen) atoms. The number of nitrogens with zero attached hydrogens (tertiary/aromatic N) is 1. The van der Waals surface area contributed by atoms with Crippen LogP contribution in [0.1, 0.15) is 11.6 Å². The summed E-state index contributed by atoms with van der Waals surface area (Å²) < 4.78 is 39.9. The van der Waals surface area contributed by atoms with Crippen molar-refractivity contribution in [3.05, 3.63) is 28.8 Å². The number of phenolic OH excluding ortho intramolecular Hbond substituents is 1. The normalized spacial score (nSPS) is 17.5. The van der Waals surface area contributed by atoms with Crippen molar-refractivity contribution in [3.8, 4) is 5.75 Å². The highest BCUT2D eigenvalue weighted by molar-refractivity contribution is 6.30. The van der Waals surface area contributed by atoms with Crippen LogP contribution in [0.4, 0.5) is 13.2 Å². The average molecular weight is 368 g/mol. The van der Waals surface area contributed by atoms with Gasteiger partial charge in [0.15, 0.2) is 0 Å². The van der Waals surface area contributed by atoms with E-state index in [4.69, 9.17) is 11.6 Å². The molecule has 2 N–H and O–H groups in total. The van der Waals surface area contributed by atoms with Crippen molar-refractivity contribution in [2.24, 2.45) is 0 Å². The second-order valence-electron chi connectivity index (χ2n) is 4.43. The van der Waals surface area contributed by atoms with Gasteiger partial charge < -0.3 is 10.4 Å². The van der Waals surface area contributed by atoms with Crippen LogP contribution >= 0.6 is 36.4 Å². The first-order chi connectivity index (χ1) is 8.89. The Hall–Kier alpha value is -0.400. The molecule has 1 aliphatic heterocycles. The lowest BCUT2D eigenvalue weighted by atomic mass is 10.0. The van der Waals surface area contributed by atoms with Crippen LogP contribution in [0.15, 0.2) is 18.2 Å². The van der Waals surface area contributed by atoms with Gasteiger partial charge in [0.2, 0.25) is 0 Å². The van der Waals surface area contributed by atoms with E-state index in [1.54, 1.807) is 0 Å². The molecule has 1 aliphatic rings. The van der Waals surface area contributed by atoms with Crippen molar-refractivity contribution in [1.82, 2.24) is 10.2 Å². The zero-order valence-electron chi connectivity index (χ0n) is 10.9. The minimum atomic E-state index is -4.46. The molecule has 2 rings (SSSR count). The summed E-state index contributed by atoms with van der Waals surface area (Å²) in [4.78, 5) is 1.31. The summed E-state index contributed by atoms with van der Waals surface area (Å²) >= 11 is 5.74. The van der Waals surface area contributed by atoms with E-state index in [2.05, 4.69) is 5.32 Å². The van der Waals surface area contributed by atoms with Gasteiger partial charge in [0.1, 0.15) is 11.8 Å². The molecule has 0 saturated carbocycles. The molecule has 3 nitrogen and oxygen atoms in total. The van der Waals surface area contributed by atoms with Crippen molar-refractivity contribution in [2.75, 3.05) is 26.2 Å². The molecule has 0 aliphatic carbocycles. The molecule has 0 spiro atoms. The highest BCUT2D eigenvalue weighted by Gasteiger charge is 2.46. The number of alkyl halides is 3. The van der Waals surface area contributed by atoms with Crippen LogP contribution in [0, 0.1) is 0 Å². The third-order valence-corrected chi connectivity index (χ3v) is 3.35. The predicted molar refractivity (Wildman–Crippen MR) is 80.9 cm³/mol. The van der Waals surface area contributed by atoms with Gasteiger partial charge in [-0.05, 0) is 18.2 Å². The Kier molecular flexibility index (Phi) is 8.13. The second kappa shape index (κ2) is 8.29. The smallest absolute Gasteiger partial charge is 0.408 e. The monoisotopic (exact) mass is 366 g/mol. The molecule has 1 fully saturated rings. The molecule has 1 heterocycles. The van der Waals surface area contributed by atoms with Gasteiger partial charge in [0, 0.05) is 36.8 Å². The molecular formula is C12H16Cl3F3N2O. The molecule has 0 amide bonds. The molecule has 1 saturated heterocycles. The Morgan fingerprint density at radius 1 is 1.19 bits per heavy atom. The van der Waals surface area contributed by atoms with E-state index in [-0.39, 0.29) is 54.2 Å². The molecule has 1 aromatic carbocycles. The second-order valence-corrected chi connectivity index (χ2v) is 4.87. The topological polar surface area (TPSA) is 35.5 Å². The minimum Gasteiger partial charge on any atom is -0.508 e. The molecule has 1 atom stereocenters. The zero-order chi connectivity index (χ0) is 14.0. The Labute approximate surface area is 138 Å². The van der Waals surface area contributed by atoms with Crippen molar-refractivity contribution in [1.29, 1.82) is 0 Å². The number of phenols is 1. The Balaban J connectivity index is 0.00000200. The zero-order valence-corrected chi connectivity index (χ0v) is 13.2. The van der Waals surface area contributed by atoms with E-state index >= 15 is 0 Å². The van der Waals surface area contributed by atoms with E-state index in [1.165, 1.54) is 23.1 Å². The number of hydrogen-bond acceptors (Lipinski definition) is 3. The van der Waals surface area contributed by atoms with Crippen molar-refractivity contribution in [2.45, 2.75) is 12.2 Å². The lowest BCUT2D eigenvalue weighted by Gasteiger charge is -2.36. The van der Waals surface area contributed by atoms with E-state index < -0.39 is 12.2 Å². The molecule has 0 unspecified atom stereocenters. The predicted octanol–water partition coefficient (Wildman–Crippen LogP) is 3.40. The highest BCUT2D eigenvalue weighted by atomic mass is 35.5. The molecule has 0 radical (unpaired) electrons. The lowest BCUT2D eigenvalue weighted by molar-refractivity contribution is -0.188. The fourth-order valence-electron chi connectivity index (χ4n) is 2.26. The summed E-state index contributed by atoms with van der Waals surface area (Å²) in [6.07, 6.45) is -4.46. The van der Waals surface area contributed by atoms with Gasteiger partial charge in [0.05, 0.1) is 0 Å². The van der Waals surface area contributed by atoms with Gasteiger partial charge in [-0.15, -0.1) is 24.8 Å². The van der Waals surface area contributed by atoms with Gasteiger partial charge in [0.25, 0.3) is 0 Å². The van der Waals surface area contributed by atoms with E-state index in [9.17, 15) is 18.3 Å². The van der Waals surface area contributed by atoms with Gasteiger partial charge in [-0.25, -0.2) is 0 Å². The van der Waals surface area contributed by atoms with Crippen LogP contribution in [0.3, 0.4) is 0 Å². The van der Waals surface area contributed by atoms with Gasteiger partial charge >= 0.3 is 6.18 Å². The SMILES string of the molecule is Cl.Cl.Oc1ccc(Cl)cc1[C@@H](N1CCNCC1)C(F)(F)F. The number of halogens is 6. The first kappa shape index (κ1) is 20.6. The largest absolute Gasteiger partial charge is 0.508 e. The summed E-state index contributed by atoms with van der Waals surface area (Å²) in [6, 6.07) is 1.91. The van der Waals surface area contributed by atoms with Crippen molar-refractivity contribution >= 4 is 36.4 Å². The first-order valence-electron chi connectivity index (χ1n) is 5.89. The molecule has 122 valence electrons. The van der Waals surface area contributed by atoms with Crippen LogP contribution in [0.2, 0.25) is 5.02 Å². The number of piperazine rings is 1. The maximum atomic E-state index is 13.3. The Morgan fingerprint density at radius 3 is 2.29 bits per heavy atom. The van der Waals surface area contributed by atoms with E-state index in [1.807, 2.05) is 0 Å². The third kappa shape index (κ3) is 5.07. The number of rotatable bonds is 2. The standard InChI is InChI=1S/C12H14ClF3N2O.2ClH/c13-8-1-2-10(19)9(7-8)11(12(14,15)16)18-5-3-17-4-6-18;;/h1-2,7,11,17,19H,3-6H2;2*1H/t11-;;/m1../s1. The summed E-state index contributed by atoms with van der Waals surface area (Å²) in [5.74, 6) is -0.384. The third-order valence-electron chi connectivity index (χ3n) is 3.11.